The molecule has 0 atom stereocenters. The van der Waals surface area contributed by atoms with Crippen molar-refractivity contribution in [2.75, 3.05) is 0 Å². The van der Waals surface area contributed by atoms with Gasteiger partial charge < -0.3 is 9.67 Å². The lowest BCUT2D eigenvalue weighted by Crippen LogP contribution is -2.04. The van der Waals surface area contributed by atoms with Crippen LogP contribution in [0.25, 0.3) is 0 Å². The molecule has 0 aliphatic carbocycles. The van der Waals surface area contributed by atoms with Crippen LogP contribution >= 0.6 is 0 Å². The molecule has 0 spiro atoms. The summed E-state index contributed by atoms with van der Waals surface area (Å²) in [5, 5.41) is 8.39. The molecule has 60 valence electrons. The van der Waals surface area contributed by atoms with Crippen LogP contribution in [-0.4, -0.2) is 15.6 Å². The van der Waals surface area contributed by atoms with Gasteiger partial charge in [-0.15, -0.1) is 0 Å². The minimum Gasteiger partial charge on any atom is -0.481 e. The molecule has 1 heterocycles. The first kappa shape index (κ1) is 7.85. The van der Waals surface area contributed by atoms with Gasteiger partial charge in [0.05, 0.1) is 6.42 Å². The van der Waals surface area contributed by atoms with Crippen LogP contribution < -0.4 is 0 Å². The Morgan fingerprint density at radius 2 is 2.45 bits per heavy atom. The Morgan fingerprint density at radius 3 is 2.91 bits per heavy atom. The molecule has 1 rings (SSSR count). The van der Waals surface area contributed by atoms with Crippen molar-refractivity contribution in [1.29, 1.82) is 0 Å². The van der Waals surface area contributed by atoms with E-state index in [-0.39, 0.29) is 6.42 Å². The Labute approximate surface area is 65.3 Å². The summed E-state index contributed by atoms with van der Waals surface area (Å²) >= 11 is 0. The van der Waals surface area contributed by atoms with Crippen LogP contribution in [0.15, 0.2) is 18.3 Å². The molecular weight excluding hydrogens is 142 g/mol. The molecule has 1 aromatic heterocycles. The summed E-state index contributed by atoms with van der Waals surface area (Å²) in [5.41, 5.74) is 1.10. The molecular formula is C8H11NO2. The smallest absolute Gasteiger partial charge is 0.305 e. The van der Waals surface area contributed by atoms with Crippen molar-refractivity contribution >= 4 is 5.97 Å². The van der Waals surface area contributed by atoms with Crippen molar-refractivity contribution in [3.63, 3.8) is 0 Å². The predicted molar refractivity (Wildman–Crippen MR) is 41.4 cm³/mol. The van der Waals surface area contributed by atoms with E-state index in [0.29, 0.717) is 6.54 Å². The molecule has 0 saturated carbocycles. The van der Waals surface area contributed by atoms with Gasteiger partial charge in [0.15, 0.2) is 0 Å². The molecule has 0 unspecified atom stereocenters. The molecule has 0 amide bonds. The van der Waals surface area contributed by atoms with Crippen LogP contribution in [0.2, 0.25) is 0 Å². The number of carboxylic acids is 1. The Hall–Kier alpha value is -1.25. The van der Waals surface area contributed by atoms with Gasteiger partial charge in [-0.3, -0.25) is 4.79 Å². The van der Waals surface area contributed by atoms with Crippen LogP contribution in [0.3, 0.4) is 0 Å². The maximum atomic E-state index is 10.2. The van der Waals surface area contributed by atoms with Gasteiger partial charge in [0.25, 0.3) is 0 Å². The van der Waals surface area contributed by atoms with Crippen molar-refractivity contribution in [1.82, 2.24) is 4.57 Å². The third kappa shape index (κ3) is 2.11. The van der Waals surface area contributed by atoms with Crippen LogP contribution in [0.1, 0.15) is 12.1 Å². The van der Waals surface area contributed by atoms with Crippen molar-refractivity contribution in [2.24, 2.45) is 0 Å². The maximum absolute atomic E-state index is 10.2. The number of aromatic nitrogens is 1. The number of hydrogen-bond acceptors (Lipinski definition) is 1. The van der Waals surface area contributed by atoms with E-state index in [0.717, 1.165) is 5.69 Å². The van der Waals surface area contributed by atoms with Crippen LogP contribution in [0.4, 0.5) is 0 Å². The summed E-state index contributed by atoms with van der Waals surface area (Å²) in [6.07, 6.45) is 2.08. The van der Waals surface area contributed by atoms with Crippen molar-refractivity contribution in [2.45, 2.75) is 19.9 Å². The fourth-order valence-electron chi connectivity index (χ4n) is 0.966. The van der Waals surface area contributed by atoms with Gasteiger partial charge in [0.1, 0.15) is 0 Å². The molecule has 0 saturated heterocycles. The molecule has 0 bridgehead atoms. The second-order valence-corrected chi connectivity index (χ2v) is 2.49. The summed E-state index contributed by atoms with van der Waals surface area (Å²) in [4.78, 5) is 10.2. The zero-order chi connectivity index (χ0) is 8.27. The number of hydrogen-bond donors (Lipinski definition) is 1. The normalized spacial score (nSPS) is 9.91. The summed E-state index contributed by atoms with van der Waals surface area (Å²) in [7, 11) is 0. The fourth-order valence-corrected chi connectivity index (χ4v) is 0.966. The lowest BCUT2D eigenvalue weighted by molar-refractivity contribution is -0.137. The van der Waals surface area contributed by atoms with Gasteiger partial charge in [-0.2, -0.15) is 0 Å². The van der Waals surface area contributed by atoms with E-state index in [1.807, 2.05) is 29.8 Å². The lowest BCUT2D eigenvalue weighted by atomic mass is 10.4. The van der Waals surface area contributed by atoms with Crippen LogP contribution in [0, 0.1) is 6.92 Å². The zero-order valence-corrected chi connectivity index (χ0v) is 6.45. The number of nitrogens with zero attached hydrogens (tertiary/aromatic N) is 1. The highest BCUT2D eigenvalue weighted by molar-refractivity contribution is 5.66. The SMILES string of the molecule is Cc1cccn1CCC(=O)O. The highest BCUT2D eigenvalue weighted by Crippen LogP contribution is 2.00. The fraction of sp³-hybridized carbons (Fsp3) is 0.375. The Morgan fingerprint density at radius 1 is 1.73 bits per heavy atom. The van der Waals surface area contributed by atoms with E-state index in [1.54, 1.807) is 0 Å². The monoisotopic (exact) mass is 153 g/mol. The average molecular weight is 153 g/mol. The number of aryl methyl sites for hydroxylation is 2. The zero-order valence-electron chi connectivity index (χ0n) is 6.45. The highest BCUT2D eigenvalue weighted by atomic mass is 16.4. The Kier molecular flexibility index (Phi) is 2.31. The largest absolute Gasteiger partial charge is 0.481 e. The first-order valence-corrected chi connectivity index (χ1v) is 3.53. The molecule has 3 nitrogen and oxygen atoms in total. The van der Waals surface area contributed by atoms with Crippen molar-refractivity contribution in [3.05, 3.63) is 24.0 Å². The van der Waals surface area contributed by atoms with E-state index < -0.39 is 5.97 Å². The van der Waals surface area contributed by atoms with E-state index in [9.17, 15) is 4.79 Å². The number of aliphatic carboxylic acids is 1. The first-order valence-electron chi connectivity index (χ1n) is 3.53. The summed E-state index contributed by atoms with van der Waals surface area (Å²) in [6, 6.07) is 3.87. The van der Waals surface area contributed by atoms with Gasteiger partial charge in [0.2, 0.25) is 0 Å². The van der Waals surface area contributed by atoms with E-state index in [2.05, 4.69) is 0 Å². The third-order valence-electron chi connectivity index (χ3n) is 1.62. The number of carbonyl (C=O) groups is 1. The quantitative estimate of drug-likeness (QED) is 0.710. The van der Waals surface area contributed by atoms with Gasteiger partial charge in [0, 0.05) is 18.4 Å². The van der Waals surface area contributed by atoms with E-state index in [1.165, 1.54) is 0 Å². The minimum absolute atomic E-state index is 0.190. The highest BCUT2D eigenvalue weighted by Gasteiger charge is 1.98. The second-order valence-electron chi connectivity index (χ2n) is 2.49. The predicted octanol–water partition coefficient (Wildman–Crippen LogP) is 1.27. The molecule has 1 aromatic rings. The Balaban J connectivity index is 2.51. The van der Waals surface area contributed by atoms with Crippen molar-refractivity contribution < 1.29 is 9.90 Å². The number of carboxylic acid groups (broad SMARTS) is 1. The second kappa shape index (κ2) is 3.23. The van der Waals surface area contributed by atoms with E-state index in [4.69, 9.17) is 5.11 Å². The average Bonchev–Trinajstić information content (AvgIpc) is 2.31. The van der Waals surface area contributed by atoms with Gasteiger partial charge in [-0.25, -0.2) is 0 Å². The van der Waals surface area contributed by atoms with Gasteiger partial charge >= 0.3 is 5.97 Å². The molecule has 0 radical (unpaired) electrons. The number of rotatable bonds is 3. The Bertz CT molecular complexity index is 252. The topological polar surface area (TPSA) is 42.2 Å². The summed E-state index contributed by atoms with van der Waals surface area (Å²) in [6.45, 7) is 2.52. The van der Waals surface area contributed by atoms with E-state index >= 15 is 0 Å². The molecule has 11 heavy (non-hydrogen) atoms. The van der Waals surface area contributed by atoms with Crippen LogP contribution in [-0.2, 0) is 11.3 Å². The molecule has 0 aliphatic heterocycles. The molecule has 0 aromatic carbocycles. The van der Waals surface area contributed by atoms with Gasteiger partial charge in [-0.05, 0) is 19.1 Å². The lowest BCUT2D eigenvalue weighted by Gasteiger charge is -2.01. The molecule has 0 fully saturated rings. The molecule has 3 heteroatoms. The van der Waals surface area contributed by atoms with Gasteiger partial charge in [-0.1, -0.05) is 0 Å². The molecule has 1 N–H and O–H groups in total. The summed E-state index contributed by atoms with van der Waals surface area (Å²) < 4.78 is 1.92. The third-order valence-corrected chi connectivity index (χ3v) is 1.62. The maximum Gasteiger partial charge on any atom is 0.305 e. The van der Waals surface area contributed by atoms with Crippen molar-refractivity contribution in [3.8, 4) is 0 Å². The molecule has 0 aliphatic rings. The first-order chi connectivity index (χ1) is 5.20. The van der Waals surface area contributed by atoms with Crippen LogP contribution in [0.5, 0.6) is 0 Å². The summed E-state index contributed by atoms with van der Waals surface area (Å²) in [5.74, 6) is -0.752. The minimum atomic E-state index is -0.752. The standard InChI is InChI=1S/C8H11NO2/c1-7-3-2-5-9(7)6-4-8(10)11/h2-3,5H,4,6H2,1H3,(H,10,11).